The zero-order valence-electron chi connectivity index (χ0n) is 8.49. The largest absolute Gasteiger partial charge is 0.478 e. The van der Waals surface area contributed by atoms with E-state index in [1.165, 1.54) is 6.20 Å². The zero-order valence-corrected chi connectivity index (χ0v) is 9.25. The number of carboxylic acid groups (broad SMARTS) is 1. The summed E-state index contributed by atoms with van der Waals surface area (Å²) in [5.74, 6) is -1.05. The number of rotatable bonds is 2. The van der Waals surface area contributed by atoms with Gasteiger partial charge in [0.05, 0.1) is 22.2 Å². The molecule has 0 aliphatic heterocycles. The number of aromatic carboxylic acids is 1. The average Bonchev–Trinajstić information content (AvgIpc) is 2.62. The van der Waals surface area contributed by atoms with Crippen LogP contribution in [0.2, 0.25) is 5.02 Å². The molecule has 0 aliphatic rings. The Labute approximate surface area is 96.5 Å². The average molecular weight is 240 g/mol. The number of hydrogen-bond acceptors (Lipinski definition) is 2. The van der Waals surface area contributed by atoms with Gasteiger partial charge in [-0.2, -0.15) is 0 Å². The van der Waals surface area contributed by atoms with E-state index >= 15 is 0 Å². The molecule has 1 heterocycles. The summed E-state index contributed by atoms with van der Waals surface area (Å²) in [5, 5.41) is 19.5. The van der Waals surface area contributed by atoms with E-state index in [1.807, 2.05) is 0 Å². The maximum absolute atomic E-state index is 11.0. The lowest BCUT2D eigenvalue weighted by atomic mass is 10.0. The van der Waals surface area contributed by atoms with Gasteiger partial charge >= 0.3 is 5.97 Å². The molecule has 0 amide bonds. The Morgan fingerprint density at radius 1 is 1.50 bits per heavy atom. The second kappa shape index (κ2) is 3.81. The van der Waals surface area contributed by atoms with E-state index in [2.05, 4.69) is 4.98 Å². The maximum Gasteiger partial charge on any atom is 0.337 e. The molecule has 2 rings (SSSR count). The molecule has 0 saturated carbocycles. The van der Waals surface area contributed by atoms with Crippen LogP contribution in [0.25, 0.3) is 10.9 Å². The lowest BCUT2D eigenvalue weighted by Gasteiger charge is -2.08. The Hall–Kier alpha value is -1.52. The number of hydrogen-bond donors (Lipinski definition) is 3. The molecule has 4 nitrogen and oxygen atoms in total. The Morgan fingerprint density at radius 3 is 2.75 bits per heavy atom. The van der Waals surface area contributed by atoms with Gasteiger partial charge in [0.25, 0.3) is 0 Å². The number of aliphatic hydroxyl groups is 1. The van der Waals surface area contributed by atoms with Gasteiger partial charge in [-0.25, -0.2) is 4.79 Å². The predicted molar refractivity (Wildman–Crippen MR) is 60.9 cm³/mol. The first-order valence-electron chi connectivity index (χ1n) is 4.73. The van der Waals surface area contributed by atoms with Crippen LogP contribution in [0.4, 0.5) is 0 Å². The van der Waals surface area contributed by atoms with Crippen LogP contribution in [0.3, 0.4) is 0 Å². The van der Waals surface area contributed by atoms with Gasteiger partial charge in [0, 0.05) is 11.6 Å². The van der Waals surface area contributed by atoms with E-state index in [0.717, 1.165) is 0 Å². The molecule has 0 radical (unpaired) electrons. The molecule has 0 bridgehead atoms. The van der Waals surface area contributed by atoms with Crippen molar-refractivity contribution in [2.24, 2.45) is 0 Å². The number of carbonyl (C=O) groups is 1. The lowest BCUT2D eigenvalue weighted by Crippen LogP contribution is -1.98. The van der Waals surface area contributed by atoms with Crippen molar-refractivity contribution >= 4 is 28.5 Å². The first-order chi connectivity index (χ1) is 7.52. The molecule has 0 fully saturated rings. The molecule has 0 saturated heterocycles. The van der Waals surface area contributed by atoms with Gasteiger partial charge in [-0.15, -0.1) is 0 Å². The van der Waals surface area contributed by atoms with Gasteiger partial charge in [0.2, 0.25) is 0 Å². The van der Waals surface area contributed by atoms with Crippen LogP contribution in [0, 0.1) is 0 Å². The quantitative estimate of drug-likeness (QED) is 0.754. The predicted octanol–water partition coefficient (Wildman–Crippen LogP) is 2.57. The molecule has 1 atom stereocenters. The molecule has 1 unspecified atom stereocenters. The number of nitrogens with one attached hydrogen (secondary N) is 1. The van der Waals surface area contributed by atoms with Crippen LogP contribution in [0.15, 0.2) is 18.3 Å². The van der Waals surface area contributed by atoms with Crippen molar-refractivity contribution in [2.45, 2.75) is 13.0 Å². The van der Waals surface area contributed by atoms with Crippen molar-refractivity contribution in [1.29, 1.82) is 0 Å². The van der Waals surface area contributed by atoms with Crippen molar-refractivity contribution in [3.63, 3.8) is 0 Å². The zero-order chi connectivity index (χ0) is 11.9. The SMILES string of the molecule is CC(O)c1ccc(Cl)c2[nH]cc(C(=O)O)c12. The van der Waals surface area contributed by atoms with Gasteiger partial charge in [0.1, 0.15) is 0 Å². The number of aromatic nitrogens is 1. The smallest absolute Gasteiger partial charge is 0.337 e. The summed E-state index contributed by atoms with van der Waals surface area (Å²) >= 11 is 5.95. The first-order valence-corrected chi connectivity index (χ1v) is 5.11. The molecule has 1 aromatic carbocycles. The first kappa shape index (κ1) is 11.0. The molecule has 2 aromatic rings. The number of carboxylic acids is 1. The third-order valence-electron chi connectivity index (χ3n) is 2.50. The van der Waals surface area contributed by atoms with Gasteiger partial charge in [0.15, 0.2) is 0 Å². The number of aromatic amines is 1. The number of fused-ring (bicyclic) bond motifs is 1. The highest BCUT2D eigenvalue weighted by atomic mass is 35.5. The van der Waals surface area contributed by atoms with Crippen LogP contribution in [-0.4, -0.2) is 21.2 Å². The van der Waals surface area contributed by atoms with Gasteiger partial charge in [-0.05, 0) is 18.6 Å². The van der Waals surface area contributed by atoms with Crippen LogP contribution >= 0.6 is 11.6 Å². The van der Waals surface area contributed by atoms with E-state index in [0.29, 0.717) is 21.5 Å². The molecule has 5 heteroatoms. The van der Waals surface area contributed by atoms with Crippen LogP contribution in [0.1, 0.15) is 28.9 Å². The van der Waals surface area contributed by atoms with Crippen LogP contribution in [0.5, 0.6) is 0 Å². The molecule has 0 spiro atoms. The third-order valence-corrected chi connectivity index (χ3v) is 2.81. The Balaban J connectivity index is 2.87. The fourth-order valence-corrected chi connectivity index (χ4v) is 1.97. The highest BCUT2D eigenvalue weighted by Gasteiger charge is 2.18. The summed E-state index contributed by atoms with van der Waals surface area (Å²) < 4.78 is 0. The van der Waals surface area contributed by atoms with Crippen LogP contribution < -0.4 is 0 Å². The standard InChI is InChI=1S/C11H10ClNO3/c1-5(14)6-2-3-8(12)10-9(6)7(4-13-10)11(15)16/h2-5,13-14H,1H3,(H,15,16). The van der Waals surface area contributed by atoms with Gasteiger partial charge in [-0.1, -0.05) is 17.7 Å². The normalized spacial score (nSPS) is 12.9. The summed E-state index contributed by atoms with van der Waals surface area (Å²) in [6.07, 6.45) is 0.638. The monoisotopic (exact) mass is 239 g/mol. The fourth-order valence-electron chi connectivity index (χ4n) is 1.76. The summed E-state index contributed by atoms with van der Waals surface area (Å²) in [6.45, 7) is 1.58. The third kappa shape index (κ3) is 1.56. The molecule has 84 valence electrons. The van der Waals surface area contributed by atoms with E-state index < -0.39 is 12.1 Å². The molecular weight excluding hydrogens is 230 g/mol. The van der Waals surface area contributed by atoms with E-state index in [-0.39, 0.29) is 5.56 Å². The minimum absolute atomic E-state index is 0.119. The van der Waals surface area contributed by atoms with E-state index in [9.17, 15) is 9.90 Å². The second-order valence-corrected chi connectivity index (χ2v) is 3.98. The highest BCUT2D eigenvalue weighted by molar-refractivity contribution is 6.35. The van der Waals surface area contributed by atoms with Crippen molar-refractivity contribution in [1.82, 2.24) is 4.98 Å². The van der Waals surface area contributed by atoms with Crippen molar-refractivity contribution < 1.29 is 15.0 Å². The molecule has 16 heavy (non-hydrogen) atoms. The maximum atomic E-state index is 11.0. The Kier molecular flexibility index (Phi) is 2.61. The van der Waals surface area contributed by atoms with E-state index in [4.69, 9.17) is 16.7 Å². The Bertz CT molecular complexity index is 560. The van der Waals surface area contributed by atoms with E-state index in [1.54, 1.807) is 19.1 Å². The molecule has 0 aliphatic carbocycles. The Morgan fingerprint density at radius 2 is 2.19 bits per heavy atom. The van der Waals surface area contributed by atoms with Gasteiger partial charge < -0.3 is 15.2 Å². The van der Waals surface area contributed by atoms with Crippen LogP contribution in [-0.2, 0) is 0 Å². The number of halogens is 1. The molecule has 1 aromatic heterocycles. The highest BCUT2D eigenvalue weighted by Crippen LogP contribution is 2.31. The fraction of sp³-hybridized carbons (Fsp3) is 0.182. The summed E-state index contributed by atoms with van der Waals surface area (Å²) in [5.41, 5.74) is 1.21. The second-order valence-electron chi connectivity index (χ2n) is 3.57. The number of H-pyrrole nitrogens is 1. The molecule has 3 N–H and O–H groups in total. The lowest BCUT2D eigenvalue weighted by molar-refractivity contribution is 0.0699. The number of aliphatic hydroxyl groups excluding tert-OH is 1. The number of benzene rings is 1. The minimum atomic E-state index is -1.05. The van der Waals surface area contributed by atoms with Crippen molar-refractivity contribution in [2.75, 3.05) is 0 Å². The van der Waals surface area contributed by atoms with Crippen molar-refractivity contribution in [3.05, 3.63) is 34.5 Å². The topological polar surface area (TPSA) is 73.3 Å². The van der Waals surface area contributed by atoms with Crippen molar-refractivity contribution in [3.8, 4) is 0 Å². The minimum Gasteiger partial charge on any atom is -0.478 e. The summed E-state index contributed by atoms with van der Waals surface area (Å²) in [6, 6.07) is 3.27. The molecular formula is C11H10ClNO3. The van der Waals surface area contributed by atoms with Gasteiger partial charge in [-0.3, -0.25) is 0 Å². The summed E-state index contributed by atoms with van der Waals surface area (Å²) in [7, 11) is 0. The summed E-state index contributed by atoms with van der Waals surface area (Å²) in [4.78, 5) is 13.8.